The second-order valence-electron chi connectivity index (χ2n) is 3.87. The van der Waals surface area contributed by atoms with Gasteiger partial charge in [0, 0.05) is 24.2 Å². The van der Waals surface area contributed by atoms with Gasteiger partial charge >= 0.3 is 0 Å². The van der Waals surface area contributed by atoms with Crippen molar-refractivity contribution in [3.63, 3.8) is 0 Å². The molecule has 0 saturated carbocycles. The summed E-state index contributed by atoms with van der Waals surface area (Å²) in [5.41, 5.74) is 0. The third kappa shape index (κ3) is 3.06. The van der Waals surface area contributed by atoms with E-state index in [2.05, 4.69) is 21.2 Å². The number of rotatable bonds is 4. The number of amides is 1. The Labute approximate surface area is 107 Å². The van der Waals surface area contributed by atoms with Gasteiger partial charge in [0.15, 0.2) is 0 Å². The molecule has 16 heavy (non-hydrogen) atoms. The first-order valence-electron chi connectivity index (χ1n) is 5.36. The average Bonchev–Trinajstić information content (AvgIpc) is 2.88. The van der Waals surface area contributed by atoms with E-state index >= 15 is 0 Å². The van der Waals surface area contributed by atoms with E-state index in [9.17, 15) is 4.79 Å². The smallest absolute Gasteiger partial charge is 0.262 e. The Morgan fingerprint density at radius 2 is 2.56 bits per heavy atom. The molecular weight excluding hydrogens is 290 g/mol. The van der Waals surface area contributed by atoms with Gasteiger partial charge in [-0.2, -0.15) is 0 Å². The monoisotopic (exact) mass is 303 g/mol. The van der Waals surface area contributed by atoms with E-state index in [4.69, 9.17) is 4.74 Å². The zero-order valence-electron chi connectivity index (χ0n) is 8.87. The lowest BCUT2D eigenvalue weighted by Crippen LogP contribution is -2.25. The van der Waals surface area contributed by atoms with Crippen molar-refractivity contribution < 1.29 is 9.53 Å². The van der Waals surface area contributed by atoms with Crippen molar-refractivity contribution in [1.82, 2.24) is 5.32 Å². The highest BCUT2D eigenvalue weighted by molar-refractivity contribution is 9.10. The minimum Gasteiger partial charge on any atom is -0.381 e. The lowest BCUT2D eigenvalue weighted by molar-refractivity contribution is 0.0954. The molecule has 0 bridgehead atoms. The molecule has 0 radical (unpaired) electrons. The summed E-state index contributed by atoms with van der Waals surface area (Å²) in [5, 5.41) is 4.85. The maximum absolute atomic E-state index is 11.7. The van der Waals surface area contributed by atoms with Crippen LogP contribution in [0.15, 0.2) is 15.9 Å². The van der Waals surface area contributed by atoms with Crippen LogP contribution in [0.2, 0.25) is 0 Å². The van der Waals surface area contributed by atoms with Gasteiger partial charge in [0.25, 0.3) is 5.91 Å². The fourth-order valence-corrected chi connectivity index (χ4v) is 3.20. The van der Waals surface area contributed by atoms with Crippen LogP contribution in [0.5, 0.6) is 0 Å². The first kappa shape index (κ1) is 12.1. The minimum absolute atomic E-state index is 0.0146. The van der Waals surface area contributed by atoms with E-state index in [0.717, 1.165) is 42.0 Å². The maximum atomic E-state index is 11.7. The molecule has 0 aromatic carbocycles. The minimum atomic E-state index is 0.0146. The maximum Gasteiger partial charge on any atom is 0.262 e. The topological polar surface area (TPSA) is 38.3 Å². The molecule has 0 spiro atoms. The van der Waals surface area contributed by atoms with Crippen molar-refractivity contribution in [2.75, 3.05) is 19.8 Å². The lowest BCUT2D eigenvalue weighted by Gasteiger charge is -2.08. The third-order valence-electron chi connectivity index (χ3n) is 2.69. The summed E-state index contributed by atoms with van der Waals surface area (Å²) in [7, 11) is 0. The Hall–Kier alpha value is -0.390. The fraction of sp³-hybridized carbons (Fsp3) is 0.545. The normalized spacial score (nSPS) is 19.9. The van der Waals surface area contributed by atoms with E-state index in [0.29, 0.717) is 5.92 Å². The van der Waals surface area contributed by atoms with Crippen LogP contribution in [0.4, 0.5) is 0 Å². The predicted molar refractivity (Wildman–Crippen MR) is 67.9 cm³/mol. The van der Waals surface area contributed by atoms with Crippen LogP contribution < -0.4 is 5.32 Å². The van der Waals surface area contributed by atoms with Gasteiger partial charge in [0.05, 0.1) is 0 Å². The number of carbonyl (C=O) groups is 1. The van der Waals surface area contributed by atoms with Crippen LogP contribution in [-0.4, -0.2) is 25.7 Å². The zero-order chi connectivity index (χ0) is 11.4. The summed E-state index contributed by atoms with van der Waals surface area (Å²) in [5.74, 6) is 0.632. The molecule has 1 aliphatic heterocycles. The summed E-state index contributed by atoms with van der Waals surface area (Å²) in [6.07, 6.45) is 2.13. The van der Waals surface area contributed by atoms with E-state index in [-0.39, 0.29) is 5.91 Å². The Morgan fingerprint density at radius 3 is 3.19 bits per heavy atom. The number of halogens is 1. The lowest BCUT2D eigenvalue weighted by atomic mass is 10.1. The van der Waals surface area contributed by atoms with Crippen molar-refractivity contribution in [3.05, 3.63) is 20.8 Å². The molecule has 5 heteroatoms. The van der Waals surface area contributed by atoms with E-state index in [1.165, 1.54) is 11.3 Å². The Kier molecular flexibility index (Phi) is 4.37. The second-order valence-corrected chi connectivity index (χ2v) is 5.64. The number of ether oxygens (including phenoxy) is 1. The molecule has 3 nitrogen and oxygen atoms in total. The van der Waals surface area contributed by atoms with Gasteiger partial charge in [-0.25, -0.2) is 0 Å². The van der Waals surface area contributed by atoms with Crippen molar-refractivity contribution in [2.24, 2.45) is 5.92 Å². The summed E-state index contributed by atoms with van der Waals surface area (Å²) in [6.45, 7) is 2.45. The molecule has 1 aliphatic rings. The molecule has 1 aromatic heterocycles. The first-order valence-corrected chi connectivity index (χ1v) is 7.03. The van der Waals surface area contributed by atoms with E-state index in [1.54, 1.807) is 0 Å². The molecule has 1 fully saturated rings. The summed E-state index contributed by atoms with van der Waals surface area (Å²) >= 11 is 4.81. The average molecular weight is 304 g/mol. The number of thiophene rings is 1. The molecule has 88 valence electrons. The summed E-state index contributed by atoms with van der Waals surface area (Å²) < 4.78 is 6.16. The molecule has 2 heterocycles. The van der Waals surface area contributed by atoms with Gasteiger partial charge in [0.2, 0.25) is 0 Å². The van der Waals surface area contributed by atoms with Gasteiger partial charge in [-0.3, -0.25) is 4.79 Å². The van der Waals surface area contributed by atoms with Crippen LogP contribution in [-0.2, 0) is 4.74 Å². The molecule has 1 saturated heterocycles. The predicted octanol–water partition coefficient (Wildman–Crippen LogP) is 2.67. The van der Waals surface area contributed by atoms with E-state index in [1.807, 2.05) is 11.4 Å². The van der Waals surface area contributed by atoms with Gasteiger partial charge in [-0.15, -0.1) is 11.3 Å². The van der Waals surface area contributed by atoms with Crippen molar-refractivity contribution >= 4 is 33.2 Å². The highest BCUT2D eigenvalue weighted by Gasteiger charge is 2.16. The van der Waals surface area contributed by atoms with E-state index < -0.39 is 0 Å². The summed E-state index contributed by atoms with van der Waals surface area (Å²) in [6, 6.07) is 1.89. The highest BCUT2D eigenvalue weighted by atomic mass is 79.9. The molecule has 1 N–H and O–H groups in total. The zero-order valence-corrected chi connectivity index (χ0v) is 11.3. The number of hydrogen-bond donors (Lipinski definition) is 1. The molecule has 1 atom stereocenters. The first-order chi connectivity index (χ1) is 7.77. The quantitative estimate of drug-likeness (QED) is 0.929. The molecule has 2 rings (SSSR count). The molecule has 1 unspecified atom stereocenters. The second kappa shape index (κ2) is 5.80. The van der Waals surface area contributed by atoms with Gasteiger partial charge in [-0.1, -0.05) is 0 Å². The van der Waals surface area contributed by atoms with Crippen LogP contribution in [0.3, 0.4) is 0 Å². The fourth-order valence-electron chi connectivity index (χ4n) is 1.74. The van der Waals surface area contributed by atoms with Crippen molar-refractivity contribution in [3.8, 4) is 0 Å². The molecule has 1 amide bonds. The van der Waals surface area contributed by atoms with Crippen molar-refractivity contribution in [2.45, 2.75) is 12.8 Å². The third-order valence-corrected chi connectivity index (χ3v) is 4.52. The Morgan fingerprint density at radius 1 is 1.69 bits per heavy atom. The highest BCUT2D eigenvalue weighted by Crippen LogP contribution is 2.22. The van der Waals surface area contributed by atoms with Gasteiger partial charge in [0.1, 0.15) is 4.88 Å². The van der Waals surface area contributed by atoms with Crippen LogP contribution in [0.25, 0.3) is 0 Å². The SMILES string of the molecule is O=C(NCCC1CCOC1)c1sccc1Br. The molecular formula is C11H14BrNO2S. The summed E-state index contributed by atoms with van der Waals surface area (Å²) in [4.78, 5) is 12.5. The number of nitrogens with one attached hydrogen (secondary N) is 1. The van der Waals surface area contributed by atoms with Crippen LogP contribution in [0.1, 0.15) is 22.5 Å². The molecule has 1 aromatic rings. The van der Waals surface area contributed by atoms with Gasteiger partial charge < -0.3 is 10.1 Å². The van der Waals surface area contributed by atoms with Gasteiger partial charge in [-0.05, 0) is 46.1 Å². The Balaban J connectivity index is 1.73. The Bertz CT molecular complexity index is 361. The number of hydrogen-bond acceptors (Lipinski definition) is 3. The largest absolute Gasteiger partial charge is 0.381 e. The molecule has 0 aliphatic carbocycles. The standard InChI is InChI=1S/C11H14BrNO2S/c12-9-3-6-16-10(9)11(14)13-4-1-8-2-5-15-7-8/h3,6,8H,1-2,4-5,7H2,(H,13,14). The van der Waals surface area contributed by atoms with Crippen molar-refractivity contribution in [1.29, 1.82) is 0 Å². The van der Waals surface area contributed by atoms with Crippen LogP contribution in [0, 0.1) is 5.92 Å². The number of carbonyl (C=O) groups excluding carboxylic acids is 1. The van der Waals surface area contributed by atoms with Crippen LogP contribution >= 0.6 is 27.3 Å².